The van der Waals surface area contributed by atoms with E-state index in [1.807, 2.05) is 32.0 Å². The van der Waals surface area contributed by atoms with Crippen LogP contribution in [0.3, 0.4) is 0 Å². The SMILES string of the molecule is CCOc1ccc2nc(Sc3nc(C)ns3)[nH]c2c1. The van der Waals surface area contributed by atoms with Gasteiger partial charge in [0.1, 0.15) is 11.6 Å². The van der Waals surface area contributed by atoms with Crippen LogP contribution in [0.1, 0.15) is 12.7 Å². The minimum atomic E-state index is 0.658. The molecule has 0 fully saturated rings. The lowest BCUT2D eigenvalue weighted by molar-refractivity contribution is 0.340. The zero-order valence-corrected chi connectivity index (χ0v) is 12.1. The van der Waals surface area contributed by atoms with Crippen LogP contribution in [0, 0.1) is 6.92 Å². The van der Waals surface area contributed by atoms with E-state index in [0.29, 0.717) is 6.61 Å². The van der Waals surface area contributed by atoms with Crippen molar-refractivity contribution in [2.75, 3.05) is 6.61 Å². The molecule has 0 bridgehead atoms. The summed E-state index contributed by atoms with van der Waals surface area (Å²) in [6, 6.07) is 5.84. The first kappa shape index (κ1) is 12.4. The van der Waals surface area contributed by atoms with Gasteiger partial charge in [-0.2, -0.15) is 4.37 Å². The molecular weight excluding hydrogens is 280 g/mol. The fourth-order valence-electron chi connectivity index (χ4n) is 1.67. The van der Waals surface area contributed by atoms with Crippen LogP contribution in [0.25, 0.3) is 11.0 Å². The van der Waals surface area contributed by atoms with E-state index in [4.69, 9.17) is 4.74 Å². The minimum absolute atomic E-state index is 0.658. The molecule has 0 aliphatic heterocycles. The molecule has 0 spiro atoms. The van der Waals surface area contributed by atoms with Gasteiger partial charge >= 0.3 is 0 Å². The third-order valence-corrected chi connectivity index (χ3v) is 4.16. The van der Waals surface area contributed by atoms with Crippen molar-refractivity contribution in [2.45, 2.75) is 23.3 Å². The molecule has 1 N–H and O–H groups in total. The molecule has 0 radical (unpaired) electrons. The summed E-state index contributed by atoms with van der Waals surface area (Å²) in [6.07, 6.45) is 0. The second kappa shape index (κ2) is 5.18. The Kier molecular flexibility index (Phi) is 3.39. The van der Waals surface area contributed by atoms with Crippen LogP contribution in [-0.4, -0.2) is 25.9 Å². The highest BCUT2D eigenvalue weighted by Crippen LogP contribution is 2.29. The zero-order chi connectivity index (χ0) is 13.2. The largest absolute Gasteiger partial charge is 0.494 e. The van der Waals surface area contributed by atoms with E-state index in [9.17, 15) is 0 Å². The van der Waals surface area contributed by atoms with Crippen molar-refractivity contribution >= 4 is 34.3 Å². The second-order valence-corrected chi connectivity index (χ2v) is 5.85. The number of benzene rings is 1. The summed E-state index contributed by atoms with van der Waals surface area (Å²) in [5.74, 6) is 1.64. The normalized spacial score (nSPS) is 11.1. The summed E-state index contributed by atoms with van der Waals surface area (Å²) in [5, 5.41) is 0.819. The maximum Gasteiger partial charge on any atom is 0.177 e. The van der Waals surface area contributed by atoms with E-state index >= 15 is 0 Å². The van der Waals surface area contributed by atoms with Crippen molar-refractivity contribution in [3.05, 3.63) is 24.0 Å². The van der Waals surface area contributed by atoms with Crippen molar-refractivity contribution < 1.29 is 4.74 Å². The average Bonchev–Trinajstić information content (AvgIpc) is 2.95. The van der Waals surface area contributed by atoms with E-state index in [1.54, 1.807) is 0 Å². The number of H-pyrrole nitrogens is 1. The molecule has 0 saturated heterocycles. The number of ether oxygens (including phenoxy) is 1. The lowest BCUT2D eigenvalue weighted by atomic mass is 10.3. The highest BCUT2D eigenvalue weighted by molar-refractivity contribution is 8.00. The number of rotatable bonds is 4. The molecule has 98 valence electrons. The molecule has 3 rings (SSSR count). The molecule has 2 heterocycles. The number of aromatic nitrogens is 4. The molecule has 0 aliphatic carbocycles. The van der Waals surface area contributed by atoms with Gasteiger partial charge in [0.05, 0.1) is 17.6 Å². The second-order valence-electron chi connectivity index (χ2n) is 3.86. The van der Waals surface area contributed by atoms with Crippen LogP contribution in [0.4, 0.5) is 0 Å². The smallest absolute Gasteiger partial charge is 0.177 e. The molecule has 19 heavy (non-hydrogen) atoms. The lowest BCUT2D eigenvalue weighted by Crippen LogP contribution is -1.90. The number of fused-ring (bicyclic) bond motifs is 1. The molecule has 0 unspecified atom stereocenters. The number of hydrogen-bond acceptors (Lipinski definition) is 6. The minimum Gasteiger partial charge on any atom is -0.494 e. The van der Waals surface area contributed by atoms with Crippen molar-refractivity contribution in [1.82, 2.24) is 19.3 Å². The first-order valence-electron chi connectivity index (χ1n) is 5.85. The van der Waals surface area contributed by atoms with Crippen molar-refractivity contribution in [3.8, 4) is 5.75 Å². The van der Waals surface area contributed by atoms with Crippen LogP contribution in [-0.2, 0) is 0 Å². The number of nitrogens with one attached hydrogen (secondary N) is 1. The number of nitrogens with zero attached hydrogens (tertiary/aromatic N) is 3. The maximum atomic E-state index is 5.47. The highest BCUT2D eigenvalue weighted by Gasteiger charge is 2.08. The van der Waals surface area contributed by atoms with Crippen LogP contribution in [0.15, 0.2) is 27.7 Å². The molecule has 0 aliphatic rings. The fourth-order valence-corrected chi connectivity index (χ4v) is 3.24. The molecule has 7 heteroatoms. The Morgan fingerprint density at radius 1 is 1.37 bits per heavy atom. The summed E-state index contributed by atoms with van der Waals surface area (Å²) in [6.45, 7) is 4.51. The number of hydrogen-bond donors (Lipinski definition) is 1. The standard InChI is InChI=1S/C12H12N4OS2/c1-3-17-8-4-5-9-10(6-8)15-11(14-9)18-12-13-7(2)16-19-12/h4-6H,3H2,1-2H3,(H,14,15). The first-order valence-corrected chi connectivity index (χ1v) is 7.44. The zero-order valence-electron chi connectivity index (χ0n) is 10.5. The Bertz CT molecular complexity index is 707. The first-order chi connectivity index (χ1) is 9.24. The Balaban J connectivity index is 1.88. The van der Waals surface area contributed by atoms with Gasteiger partial charge in [0.15, 0.2) is 9.50 Å². The molecule has 1 aromatic carbocycles. The third kappa shape index (κ3) is 2.71. The van der Waals surface area contributed by atoms with Gasteiger partial charge in [0.25, 0.3) is 0 Å². The maximum absolute atomic E-state index is 5.47. The van der Waals surface area contributed by atoms with Crippen molar-refractivity contribution in [1.29, 1.82) is 0 Å². The molecule has 2 aromatic heterocycles. The Morgan fingerprint density at radius 2 is 2.26 bits per heavy atom. The third-order valence-electron chi connectivity index (χ3n) is 2.44. The van der Waals surface area contributed by atoms with Crippen LogP contribution in [0.2, 0.25) is 0 Å². The number of aromatic amines is 1. The Hall–Kier alpha value is -1.60. The molecule has 0 amide bonds. The molecule has 5 nitrogen and oxygen atoms in total. The van der Waals surface area contributed by atoms with Gasteiger partial charge in [-0.05, 0) is 49.3 Å². The molecular formula is C12H12N4OS2. The average molecular weight is 292 g/mol. The van der Waals surface area contributed by atoms with Crippen molar-refractivity contribution in [2.24, 2.45) is 0 Å². The molecule has 0 atom stereocenters. The summed E-state index contributed by atoms with van der Waals surface area (Å²) in [4.78, 5) is 12.1. The monoisotopic (exact) mass is 292 g/mol. The van der Waals surface area contributed by atoms with E-state index in [1.165, 1.54) is 23.3 Å². The van der Waals surface area contributed by atoms with Crippen LogP contribution >= 0.6 is 23.3 Å². The number of imidazole rings is 1. The van der Waals surface area contributed by atoms with Gasteiger partial charge < -0.3 is 9.72 Å². The topological polar surface area (TPSA) is 63.7 Å². The molecule has 0 saturated carbocycles. The predicted molar refractivity (Wildman–Crippen MR) is 76.0 cm³/mol. The summed E-state index contributed by atoms with van der Waals surface area (Å²) >= 11 is 2.87. The Labute approximate surface area is 118 Å². The van der Waals surface area contributed by atoms with Gasteiger partial charge in [-0.1, -0.05) is 0 Å². The van der Waals surface area contributed by atoms with Gasteiger partial charge in [-0.3, -0.25) is 0 Å². The van der Waals surface area contributed by atoms with E-state index < -0.39 is 0 Å². The predicted octanol–water partition coefficient (Wildman–Crippen LogP) is 3.27. The van der Waals surface area contributed by atoms with Crippen molar-refractivity contribution in [3.63, 3.8) is 0 Å². The van der Waals surface area contributed by atoms with E-state index in [2.05, 4.69) is 19.3 Å². The number of aryl methyl sites for hydroxylation is 1. The van der Waals surface area contributed by atoms with Crippen LogP contribution in [0.5, 0.6) is 5.75 Å². The van der Waals surface area contributed by atoms with Gasteiger partial charge in [0, 0.05) is 6.07 Å². The van der Waals surface area contributed by atoms with Crippen LogP contribution < -0.4 is 4.74 Å². The van der Waals surface area contributed by atoms with Gasteiger partial charge in [-0.15, -0.1) is 0 Å². The van der Waals surface area contributed by atoms with E-state index in [-0.39, 0.29) is 0 Å². The molecule has 3 aromatic rings. The quantitative estimate of drug-likeness (QED) is 0.799. The van der Waals surface area contributed by atoms with Gasteiger partial charge in [0.2, 0.25) is 0 Å². The fraction of sp³-hybridized carbons (Fsp3) is 0.250. The highest BCUT2D eigenvalue weighted by atomic mass is 32.2. The summed E-state index contributed by atoms with van der Waals surface area (Å²) < 4.78 is 10.5. The Morgan fingerprint density at radius 3 is 3.00 bits per heavy atom. The van der Waals surface area contributed by atoms with E-state index in [0.717, 1.165) is 32.1 Å². The summed E-state index contributed by atoms with van der Waals surface area (Å²) in [5.41, 5.74) is 1.89. The summed E-state index contributed by atoms with van der Waals surface area (Å²) in [7, 11) is 0. The lowest BCUT2D eigenvalue weighted by Gasteiger charge is -2.00. The van der Waals surface area contributed by atoms with Gasteiger partial charge in [-0.25, -0.2) is 9.97 Å².